The van der Waals surface area contributed by atoms with Gasteiger partial charge in [-0.1, -0.05) is 30.7 Å². The number of fused-ring (bicyclic) bond motifs is 2. The Morgan fingerprint density at radius 1 is 1.06 bits per heavy atom. The summed E-state index contributed by atoms with van der Waals surface area (Å²) in [4.78, 5) is 9.30. The largest absolute Gasteiger partial charge is 0.363 e. The van der Waals surface area contributed by atoms with E-state index >= 15 is 4.39 Å². The van der Waals surface area contributed by atoms with Crippen LogP contribution in [0.25, 0.3) is 10.2 Å². The van der Waals surface area contributed by atoms with E-state index in [9.17, 15) is 0 Å². The first-order chi connectivity index (χ1) is 16.2. The molecule has 6 rings (SSSR count). The van der Waals surface area contributed by atoms with Crippen molar-refractivity contribution in [2.24, 2.45) is 11.8 Å². The summed E-state index contributed by atoms with van der Waals surface area (Å²) in [6.07, 6.45) is 4.53. The number of hydrogen-bond donors (Lipinski definition) is 0. The average Bonchev–Trinajstić information content (AvgIpc) is 3.55. The van der Waals surface area contributed by atoms with Gasteiger partial charge in [-0.15, -0.1) is 11.3 Å². The standard InChI is InChI=1S/C27H32FN3OS/c1-30-14-12-21(13-15-30)32-25(27-29-23-10-2-3-11-24(23)33-27)18-6-4-8-20(16-18)31-17-19-7-5-9-22(19)26(31)28/h2-4,6,8,10-11,16,19,21-22,25-26H,5,7,9,12-15,17H2,1H3. The molecule has 4 atom stereocenters. The monoisotopic (exact) mass is 465 g/mol. The third-order valence-electron chi connectivity index (χ3n) is 7.83. The molecule has 0 radical (unpaired) electrons. The highest BCUT2D eigenvalue weighted by atomic mass is 32.1. The molecule has 1 saturated carbocycles. The van der Waals surface area contributed by atoms with Crippen molar-refractivity contribution in [3.05, 3.63) is 59.1 Å². The van der Waals surface area contributed by atoms with Gasteiger partial charge in [0.15, 0.2) is 6.30 Å². The highest BCUT2D eigenvalue weighted by molar-refractivity contribution is 7.18. The fourth-order valence-electron chi connectivity index (χ4n) is 5.95. The summed E-state index contributed by atoms with van der Waals surface area (Å²) in [6.45, 7) is 2.94. The molecule has 4 unspecified atom stereocenters. The highest BCUT2D eigenvalue weighted by Gasteiger charge is 2.44. The molecule has 1 aromatic heterocycles. The molecule has 0 bridgehead atoms. The van der Waals surface area contributed by atoms with Crippen molar-refractivity contribution in [2.75, 3.05) is 31.6 Å². The van der Waals surface area contributed by atoms with E-state index < -0.39 is 6.30 Å². The van der Waals surface area contributed by atoms with Crippen molar-refractivity contribution >= 4 is 27.2 Å². The maximum atomic E-state index is 15.3. The van der Waals surface area contributed by atoms with Crippen LogP contribution in [-0.2, 0) is 4.74 Å². The number of halogens is 1. The van der Waals surface area contributed by atoms with Gasteiger partial charge in [0.25, 0.3) is 0 Å². The normalized spacial score (nSPS) is 27.3. The second kappa shape index (κ2) is 8.97. The van der Waals surface area contributed by atoms with E-state index in [0.29, 0.717) is 5.92 Å². The molecule has 2 aliphatic heterocycles. The highest BCUT2D eigenvalue weighted by Crippen LogP contribution is 2.45. The van der Waals surface area contributed by atoms with E-state index in [1.807, 2.05) is 11.0 Å². The second-order valence-electron chi connectivity index (χ2n) is 10.0. The van der Waals surface area contributed by atoms with Gasteiger partial charge in [0.2, 0.25) is 0 Å². The predicted molar refractivity (Wildman–Crippen MR) is 133 cm³/mol. The Morgan fingerprint density at radius 2 is 1.91 bits per heavy atom. The zero-order valence-electron chi connectivity index (χ0n) is 19.2. The fourth-order valence-corrected chi connectivity index (χ4v) is 6.98. The molecule has 0 N–H and O–H groups in total. The van der Waals surface area contributed by atoms with Crippen LogP contribution < -0.4 is 4.90 Å². The van der Waals surface area contributed by atoms with Crippen LogP contribution in [0, 0.1) is 11.8 Å². The molecule has 3 aliphatic rings. The van der Waals surface area contributed by atoms with Crippen molar-refractivity contribution in [3.8, 4) is 0 Å². The summed E-state index contributed by atoms with van der Waals surface area (Å²) < 4.78 is 23.3. The van der Waals surface area contributed by atoms with E-state index in [-0.39, 0.29) is 18.1 Å². The van der Waals surface area contributed by atoms with E-state index in [2.05, 4.69) is 54.4 Å². The summed E-state index contributed by atoms with van der Waals surface area (Å²) in [5, 5.41) is 0.988. The SMILES string of the molecule is CN1CCC(OC(c2cccc(N3CC4CCCC4C3F)c2)c2nc3ccccc3s2)CC1. The lowest BCUT2D eigenvalue weighted by Crippen LogP contribution is -2.35. The number of rotatable bonds is 5. The molecule has 3 aromatic rings. The lowest BCUT2D eigenvalue weighted by molar-refractivity contribution is -0.0234. The van der Waals surface area contributed by atoms with Crippen molar-refractivity contribution in [3.63, 3.8) is 0 Å². The predicted octanol–water partition coefficient (Wildman–Crippen LogP) is 6.03. The third kappa shape index (κ3) is 4.17. The quantitative estimate of drug-likeness (QED) is 0.430. The molecular weight excluding hydrogens is 433 g/mol. The number of para-hydroxylation sites is 1. The Labute approximate surface area is 199 Å². The van der Waals surface area contributed by atoms with Gasteiger partial charge in [-0.25, -0.2) is 9.37 Å². The minimum Gasteiger partial charge on any atom is -0.363 e. The first-order valence-corrected chi connectivity index (χ1v) is 13.2. The number of anilines is 1. The summed E-state index contributed by atoms with van der Waals surface area (Å²) in [6, 6.07) is 16.7. The summed E-state index contributed by atoms with van der Waals surface area (Å²) >= 11 is 1.71. The maximum absolute atomic E-state index is 15.3. The molecule has 2 saturated heterocycles. The minimum atomic E-state index is -0.872. The lowest BCUT2D eigenvalue weighted by Gasteiger charge is -2.32. The molecular formula is C27H32FN3OS. The molecule has 2 aromatic carbocycles. The molecule has 33 heavy (non-hydrogen) atoms. The van der Waals surface area contributed by atoms with E-state index in [4.69, 9.17) is 9.72 Å². The minimum absolute atomic E-state index is 0.198. The van der Waals surface area contributed by atoms with Gasteiger partial charge in [-0.05, 0) is 68.5 Å². The Kier molecular flexibility index (Phi) is 5.85. The molecule has 0 spiro atoms. The Morgan fingerprint density at radius 3 is 2.73 bits per heavy atom. The van der Waals surface area contributed by atoms with E-state index in [0.717, 1.165) is 67.1 Å². The van der Waals surface area contributed by atoms with Crippen LogP contribution in [0.2, 0.25) is 0 Å². The first kappa shape index (κ1) is 21.5. The topological polar surface area (TPSA) is 28.6 Å². The van der Waals surface area contributed by atoms with Crippen LogP contribution in [0.1, 0.15) is 48.8 Å². The third-order valence-corrected chi connectivity index (χ3v) is 8.91. The van der Waals surface area contributed by atoms with Crippen molar-refractivity contribution in [2.45, 2.75) is 50.6 Å². The summed E-state index contributed by atoms with van der Waals surface area (Å²) in [7, 11) is 2.17. The molecule has 6 heteroatoms. The molecule has 4 nitrogen and oxygen atoms in total. The van der Waals surface area contributed by atoms with Gasteiger partial charge in [0.1, 0.15) is 11.1 Å². The number of ether oxygens (including phenoxy) is 1. The number of benzene rings is 2. The number of piperidine rings is 1. The van der Waals surface area contributed by atoms with Crippen LogP contribution in [0.15, 0.2) is 48.5 Å². The average molecular weight is 466 g/mol. The fraction of sp³-hybridized carbons (Fsp3) is 0.519. The number of hydrogen-bond acceptors (Lipinski definition) is 5. The number of thiazole rings is 1. The first-order valence-electron chi connectivity index (χ1n) is 12.4. The number of nitrogens with zero attached hydrogens (tertiary/aromatic N) is 3. The van der Waals surface area contributed by atoms with Crippen LogP contribution in [0.5, 0.6) is 0 Å². The maximum Gasteiger partial charge on any atom is 0.175 e. The van der Waals surface area contributed by atoms with Gasteiger partial charge in [-0.3, -0.25) is 0 Å². The molecule has 0 amide bonds. The van der Waals surface area contributed by atoms with Crippen LogP contribution in [-0.4, -0.2) is 49.0 Å². The van der Waals surface area contributed by atoms with Gasteiger partial charge in [-0.2, -0.15) is 0 Å². The van der Waals surface area contributed by atoms with Crippen molar-refractivity contribution in [1.82, 2.24) is 9.88 Å². The zero-order chi connectivity index (χ0) is 22.4. The molecule has 174 valence electrons. The van der Waals surface area contributed by atoms with Gasteiger partial charge in [0, 0.05) is 31.2 Å². The van der Waals surface area contributed by atoms with Crippen molar-refractivity contribution in [1.29, 1.82) is 0 Å². The van der Waals surface area contributed by atoms with E-state index in [1.165, 1.54) is 11.1 Å². The summed E-state index contributed by atoms with van der Waals surface area (Å²) in [5.41, 5.74) is 3.07. The zero-order valence-corrected chi connectivity index (χ0v) is 20.0. The second-order valence-corrected chi connectivity index (χ2v) is 11.1. The Balaban J connectivity index is 1.33. The number of alkyl halides is 1. The Hall–Kier alpha value is -2.02. The molecule has 3 heterocycles. The van der Waals surface area contributed by atoms with Gasteiger partial charge >= 0.3 is 0 Å². The smallest absolute Gasteiger partial charge is 0.175 e. The Bertz CT molecular complexity index is 1080. The van der Waals surface area contributed by atoms with Crippen LogP contribution in [0.3, 0.4) is 0 Å². The lowest BCUT2D eigenvalue weighted by atomic mass is 10.0. The van der Waals surface area contributed by atoms with Crippen LogP contribution in [0.4, 0.5) is 10.1 Å². The van der Waals surface area contributed by atoms with Crippen LogP contribution >= 0.6 is 11.3 Å². The van der Waals surface area contributed by atoms with Gasteiger partial charge < -0.3 is 14.5 Å². The van der Waals surface area contributed by atoms with Crippen molar-refractivity contribution < 1.29 is 9.13 Å². The number of likely N-dealkylation sites (tertiary alicyclic amines) is 1. The molecule has 1 aliphatic carbocycles. The van der Waals surface area contributed by atoms with Gasteiger partial charge in [0.05, 0.1) is 16.3 Å². The number of aromatic nitrogens is 1. The summed E-state index contributed by atoms with van der Waals surface area (Å²) in [5.74, 6) is 0.698. The molecule has 3 fully saturated rings. The van der Waals surface area contributed by atoms with E-state index in [1.54, 1.807) is 11.3 Å².